The highest BCUT2D eigenvalue weighted by molar-refractivity contribution is 5.97. The van der Waals surface area contributed by atoms with Crippen LogP contribution in [0, 0.1) is 12.8 Å². The van der Waals surface area contributed by atoms with Crippen LogP contribution in [0.4, 0.5) is 5.82 Å². The topological polar surface area (TPSA) is 74.7 Å². The molecule has 1 aromatic heterocycles. The molecule has 1 aliphatic heterocycles. The van der Waals surface area contributed by atoms with E-state index in [4.69, 9.17) is 15.9 Å². The van der Waals surface area contributed by atoms with E-state index in [1.807, 2.05) is 19.1 Å². The van der Waals surface area contributed by atoms with Gasteiger partial charge < -0.3 is 15.8 Å². The van der Waals surface area contributed by atoms with Crippen molar-refractivity contribution in [2.75, 3.05) is 11.4 Å². The second kappa shape index (κ2) is 5.92. The first-order valence-corrected chi connectivity index (χ1v) is 7.92. The van der Waals surface area contributed by atoms with Crippen molar-refractivity contribution in [2.24, 2.45) is 16.8 Å². The van der Waals surface area contributed by atoms with Gasteiger partial charge in [-0.1, -0.05) is 18.0 Å². The van der Waals surface area contributed by atoms with E-state index in [9.17, 15) is 0 Å². The number of anilines is 1. The molecule has 2 atom stereocenters. The number of nitrogens with zero attached hydrogens (tertiary/aromatic N) is 3. The van der Waals surface area contributed by atoms with E-state index in [-0.39, 0.29) is 5.84 Å². The summed E-state index contributed by atoms with van der Waals surface area (Å²) in [5.41, 5.74) is 7.40. The van der Waals surface area contributed by atoms with Crippen molar-refractivity contribution in [2.45, 2.75) is 51.5 Å². The molecule has 5 nitrogen and oxygen atoms in total. The lowest BCUT2D eigenvalue weighted by atomic mass is 9.78. The lowest BCUT2D eigenvalue weighted by Crippen LogP contribution is -2.47. The van der Waals surface area contributed by atoms with Gasteiger partial charge in [-0.05, 0) is 50.7 Å². The Balaban J connectivity index is 1.93. The second-order valence-corrected chi connectivity index (χ2v) is 6.29. The first-order valence-electron chi connectivity index (χ1n) is 7.92. The van der Waals surface area contributed by atoms with Crippen LogP contribution in [-0.2, 0) is 0 Å². The molecule has 0 bridgehead atoms. The fraction of sp³-hybridized carbons (Fsp3) is 0.625. The van der Waals surface area contributed by atoms with Gasteiger partial charge in [0.15, 0.2) is 5.84 Å². The van der Waals surface area contributed by atoms with Crippen LogP contribution < -0.4 is 10.6 Å². The summed E-state index contributed by atoms with van der Waals surface area (Å²) in [6, 6.07) is 4.43. The first-order chi connectivity index (χ1) is 10.2. The molecule has 2 aliphatic rings. The third-order valence-corrected chi connectivity index (χ3v) is 4.88. The lowest BCUT2D eigenvalue weighted by Gasteiger charge is -2.45. The van der Waals surface area contributed by atoms with E-state index in [0.29, 0.717) is 6.04 Å². The Bertz CT molecular complexity index is 541. The van der Waals surface area contributed by atoms with Crippen LogP contribution in [0.15, 0.2) is 17.3 Å². The number of aryl methyl sites for hydroxylation is 1. The molecule has 5 heteroatoms. The van der Waals surface area contributed by atoms with Crippen molar-refractivity contribution in [1.82, 2.24) is 4.98 Å². The highest BCUT2D eigenvalue weighted by Gasteiger charge is 2.34. The number of fused-ring (bicyclic) bond motifs is 1. The summed E-state index contributed by atoms with van der Waals surface area (Å²) in [7, 11) is 0. The Morgan fingerprint density at radius 1 is 1.29 bits per heavy atom. The van der Waals surface area contributed by atoms with Crippen molar-refractivity contribution in [1.29, 1.82) is 0 Å². The smallest absolute Gasteiger partial charge is 0.170 e. The molecular formula is C16H24N4O. The van der Waals surface area contributed by atoms with Gasteiger partial charge in [0.25, 0.3) is 0 Å². The molecule has 1 saturated carbocycles. The molecule has 1 aliphatic carbocycles. The molecule has 1 aromatic rings. The number of piperidine rings is 1. The van der Waals surface area contributed by atoms with Crippen LogP contribution in [0.1, 0.15) is 49.8 Å². The zero-order valence-electron chi connectivity index (χ0n) is 12.6. The largest absolute Gasteiger partial charge is 0.409 e. The van der Waals surface area contributed by atoms with Gasteiger partial charge in [0.05, 0.1) is 0 Å². The monoisotopic (exact) mass is 288 g/mol. The van der Waals surface area contributed by atoms with E-state index in [1.165, 1.54) is 38.5 Å². The summed E-state index contributed by atoms with van der Waals surface area (Å²) in [5.74, 6) is 1.94. The number of nitrogens with two attached hydrogens (primary N) is 1. The van der Waals surface area contributed by atoms with Gasteiger partial charge in [0.1, 0.15) is 5.82 Å². The standard InChI is InChI=1S/C16H24N4O/c1-11-9-13(16(17)19-21)10-15(18-11)20-8-4-6-12-5-2-3-7-14(12)20/h9-10,12,14,21H,2-8H2,1H3,(H2,17,19)/t12-,14-/m1/s1. The Morgan fingerprint density at radius 3 is 2.86 bits per heavy atom. The molecule has 0 amide bonds. The molecule has 3 rings (SSSR count). The Labute approximate surface area is 125 Å². The number of pyridine rings is 1. The maximum atomic E-state index is 8.90. The number of hydrogen-bond donors (Lipinski definition) is 2. The van der Waals surface area contributed by atoms with Crippen LogP contribution in [0.5, 0.6) is 0 Å². The van der Waals surface area contributed by atoms with Gasteiger partial charge in [-0.2, -0.15) is 0 Å². The first kappa shape index (κ1) is 14.2. The predicted molar refractivity (Wildman–Crippen MR) is 83.8 cm³/mol. The van der Waals surface area contributed by atoms with Gasteiger partial charge in [-0.15, -0.1) is 0 Å². The molecule has 21 heavy (non-hydrogen) atoms. The fourth-order valence-electron chi connectivity index (χ4n) is 3.91. The summed E-state index contributed by atoms with van der Waals surface area (Å²) in [4.78, 5) is 7.15. The molecule has 114 valence electrons. The third kappa shape index (κ3) is 2.82. The maximum absolute atomic E-state index is 8.90. The molecule has 0 spiro atoms. The number of hydrogen-bond acceptors (Lipinski definition) is 4. The predicted octanol–water partition coefficient (Wildman–Crippen LogP) is 2.64. The minimum absolute atomic E-state index is 0.152. The van der Waals surface area contributed by atoms with Gasteiger partial charge in [0, 0.05) is 23.8 Å². The van der Waals surface area contributed by atoms with E-state index in [1.54, 1.807) is 0 Å². The van der Waals surface area contributed by atoms with Crippen LogP contribution in [0.3, 0.4) is 0 Å². The molecule has 3 N–H and O–H groups in total. The lowest BCUT2D eigenvalue weighted by molar-refractivity contribution is 0.242. The van der Waals surface area contributed by atoms with Crippen LogP contribution in [0.2, 0.25) is 0 Å². The molecule has 2 heterocycles. The van der Waals surface area contributed by atoms with Crippen LogP contribution in [0.25, 0.3) is 0 Å². The van der Waals surface area contributed by atoms with Crippen molar-refractivity contribution < 1.29 is 5.21 Å². The number of amidine groups is 1. The third-order valence-electron chi connectivity index (χ3n) is 4.88. The minimum Gasteiger partial charge on any atom is -0.409 e. The summed E-state index contributed by atoms with van der Waals surface area (Å²) in [5, 5.41) is 12.0. The highest BCUT2D eigenvalue weighted by atomic mass is 16.4. The number of rotatable bonds is 2. The summed E-state index contributed by atoms with van der Waals surface area (Å²) >= 11 is 0. The minimum atomic E-state index is 0.152. The SMILES string of the molecule is Cc1cc(/C(N)=N/O)cc(N2CCC[C@H]3CCCC[C@H]32)n1. The average molecular weight is 288 g/mol. The van der Waals surface area contributed by atoms with Crippen molar-refractivity contribution in [3.05, 3.63) is 23.4 Å². The molecule has 0 unspecified atom stereocenters. The summed E-state index contributed by atoms with van der Waals surface area (Å²) < 4.78 is 0. The van der Waals surface area contributed by atoms with Crippen molar-refractivity contribution in [3.8, 4) is 0 Å². The quantitative estimate of drug-likeness (QED) is 0.380. The highest BCUT2D eigenvalue weighted by Crippen LogP contribution is 2.37. The molecule has 0 aromatic carbocycles. The number of oxime groups is 1. The fourth-order valence-corrected chi connectivity index (χ4v) is 3.91. The number of aromatic nitrogens is 1. The van der Waals surface area contributed by atoms with E-state index < -0.39 is 0 Å². The summed E-state index contributed by atoms with van der Waals surface area (Å²) in [6.45, 7) is 3.02. The van der Waals surface area contributed by atoms with Crippen molar-refractivity contribution in [3.63, 3.8) is 0 Å². The molecule has 1 saturated heterocycles. The van der Waals surface area contributed by atoms with Gasteiger partial charge in [0.2, 0.25) is 0 Å². The van der Waals surface area contributed by atoms with Crippen LogP contribution in [-0.4, -0.2) is 28.6 Å². The van der Waals surface area contributed by atoms with E-state index in [0.717, 1.165) is 29.5 Å². The Morgan fingerprint density at radius 2 is 2.05 bits per heavy atom. The maximum Gasteiger partial charge on any atom is 0.170 e. The van der Waals surface area contributed by atoms with Gasteiger partial charge in [-0.25, -0.2) is 4.98 Å². The molecular weight excluding hydrogens is 264 g/mol. The normalized spacial score (nSPS) is 26.5. The molecule has 0 radical (unpaired) electrons. The Hall–Kier alpha value is -1.78. The van der Waals surface area contributed by atoms with Crippen molar-refractivity contribution >= 4 is 11.7 Å². The average Bonchev–Trinajstić information content (AvgIpc) is 2.53. The van der Waals surface area contributed by atoms with Crippen LogP contribution >= 0.6 is 0 Å². The van der Waals surface area contributed by atoms with E-state index in [2.05, 4.69) is 10.1 Å². The second-order valence-electron chi connectivity index (χ2n) is 6.29. The van der Waals surface area contributed by atoms with Gasteiger partial charge >= 0.3 is 0 Å². The molecule has 2 fully saturated rings. The van der Waals surface area contributed by atoms with E-state index >= 15 is 0 Å². The Kier molecular flexibility index (Phi) is 3.99. The van der Waals surface area contributed by atoms with Gasteiger partial charge in [-0.3, -0.25) is 0 Å². The summed E-state index contributed by atoms with van der Waals surface area (Å²) in [6.07, 6.45) is 7.87. The zero-order valence-corrected chi connectivity index (χ0v) is 12.6. The zero-order chi connectivity index (χ0) is 14.8.